The minimum Gasteiger partial charge on any atom is -0.177 e. The zero-order valence-electron chi connectivity index (χ0n) is 8.36. The maximum atomic E-state index is 4.00. The third-order valence-corrected chi connectivity index (χ3v) is 2.57. The summed E-state index contributed by atoms with van der Waals surface area (Å²) in [6.07, 6.45) is 9.41. The van der Waals surface area contributed by atoms with Crippen LogP contribution in [0.25, 0.3) is 5.57 Å². The maximum Gasteiger partial charge on any atom is 0.204 e. The SMILES string of the molecule is C/C1=C/C=C\C(c2nn[nH]n2)=C2CC2=C1. The summed E-state index contributed by atoms with van der Waals surface area (Å²) in [6.45, 7) is 2.10. The highest BCUT2D eigenvalue weighted by Crippen LogP contribution is 2.43. The molecule has 1 aromatic heterocycles. The molecular formula is C11H10N4. The molecule has 1 saturated carbocycles. The molecule has 0 bridgehead atoms. The Hall–Kier alpha value is -1.97. The molecule has 0 radical (unpaired) electrons. The molecule has 15 heavy (non-hydrogen) atoms. The Morgan fingerprint density at radius 2 is 2.33 bits per heavy atom. The Kier molecular flexibility index (Phi) is 1.68. The van der Waals surface area contributed by atoms with E-state index in [0.717, 1.165) is 12.0 Å². The second-order valence-corrected chi connectivity index (χ2v) is 3.74. The van der Waals surface area contributed by atoms with E-state index in [1.807, 2.05) is 12.2 Å². The molecule has 0 unspecified atom stereocenters. The molecule has 0 atom stereocenters. The van der Waals surface area contributed by atoms with E-state index in [-0.39, 0.29) is 0 Å². The second-order valence-electron chi connectivity index (χ2n) is 3.74. The molecule has 4 heteroatoms. The van der Waals surface area contributed by atoms with E-state index in [2.05, 4.69) is 39.7 Å². The number of hydrogen-bond acceptors (Lipinski definition) is 3. The fourth-order valence-electron chi connectivity index (χ4n) is 1.76. The highest BCUT2D eigenvalue weighted by molar-refractivity contribution is 5.83. The Morgan fingerprint density at radius 1 is 1.40 bits per heavy atom. The first kappa shape index (κ1) is 8.35. The summed E-state index contributed by atoms with van der Waals surface area (Å²) in [5.41, 5.74) is 5.08. The van der Waals surface area contributed by atoms with Crippen molar-refractivity contribution in [3.05, 3.63) is 46.8 Å². The van der Waals surface area contributed by atoms with Crippen LogP contribution in [0.3, 0.4) is 0 Å². The number of tetrazole rings is 1. The van der Waals surface area contributed by atoms with Crippen molar-refractivity contribution in [3.63, 3.8) is 0 Å². The Balaban J connectivity index is 2.09. The van der Waals surface area contributed by atoms with Gasteiger partial charge in [-0.2, -0.15) is 5.21 Å². The van der Waals surface area contributed by atoms with Crippen molar-refractivity contribution in [3.8, 4) is 0 Å². The number of rotatable bonds is 1. The zero-order valence-corrected chi connectivity index (χ0v) is 8.36. The van der Waals surface area contributed by atoms with Crippen LogP contribution in [0, 0.1) is 0 Å². The summed E-state index contributed by atoms with van der Waals surface area (Å²) >= 11 is 0. The third-order valence-electron chi connectivity index (χ3n) is 2.57. The summed E-state index contributed by atoms with van der Waals surface area (Å²) in [6, 6.07) is 0. The minimum atomic E-state index is 0.678. The summed E-state index contributed by atoms with van der Waals surface area (Å²) in [5.74, 6) is 0.678. The van der Waals surface area contributed by atoms with Gasteiger partial charge >= 0.3 is 0 Å². The van der Waals surface area contributed by atoms with Crippen molar-refractivity contribution < 1.29 is 0 Å². The molecule has 0 aliphatic heterocycles. The minimum absolute atomic E-state index is 0.678. The molecule has 3 rings (SSSR count). The Morgan fingerprint density at radius 3 is 3.13 bits per heavy atom. The van der Waals surface area contributed by atoms with Crippen molar-refractivity contribution >= 4 is 5.57 Å². The molecule has 2 aliphatic carbocycles. The number of nitrogens with zero attached hydrogens (tertiary/aromatic N) is 3. The molecule has 74 valence electrons. The van der Waals surface area contributed by atoms with Gasteiger partial charge in [-0.15, -0.1) is 10.2 Å². The van der Waals surface area contributed by atoms with Crippen LogP contribution >= 0.6 is 0 Å². The molecule has 1 heterocycles. The molecule has 2 aliphatic rings. The number of H-pyrrole nitrogens is 1. The van der Waals surface area contributed by atoms with Gasteiger partial charge in [0.15, 0.2) is 0 Å². The summed E-state index contributed by atoms with van der Waals surface area (Å²) in [4.78, 5) is 0. The molecule has 1 aromatic rings. The molecule has 0 spiro atoms. The van der Waals surface area contributed by atoms with E-state index >= 15 is 0 Å². The first-order valence-electron chi connectivity index (χ1n) is 4.87. The van der Waals surface area contributed by atoms with Crippen LogP contribution in [0.5, 0.6) is 0 Å². The van der Waals surface area contributed by atoms with Gasteiger partial charge in [-0.1, -0.05) is 29.9 Å². The van der Waals surface area contributed by atoms with Gasteiger partial charge in [-0.05, 0) is 29.7 Å². The predicted molar refractivity (Wildman–Crippen MR) is 56.7 cm³/mol. The van der Waals surface area contributed by atoms with Gasteiger partial charge in [0.25, 0.3) is 0 Å². The Bertz CT molecular complexity index is 515. The summed E-state index contributed by atoms with van der Waals surface area (Å²) in [7, 11) is 0. The average Bonchev–Trinajstić information content (AvgIpc) is 2.76. The fourth-order valence-corrected chi connectivity index (χ4v) is 1.76. The number of aromatic amines is 1. The van der Waals surface area contributed by atoms with Crippen LogP contribution in [0.2, 0.25) is 0 Å². The first-order chi connectivity index (χ1) is 7.34. The smallest absolute Gasteiger partial charge is 0.177 e. The van der Waals surface area contributed by atoms with Gasteiger partial charge in [0.05, 0.1) is 0 Å². The normalized spacial score (nSPS) is 24.6. The molecule has 0 aromatic carbocycles. The van der Waals surface area contributed by atoms with E-state index in [0.29, 0.717) is 5.82 Å². The second kappa shape index (κ2) is 3.02. The van der Waals surface area contributed by atoms with E-state index in [9.17, 15) is 0 Å². The summed E-state index contributed by atoms with van der Waals surface area (Å²) < 4.78 is 0. The van der Waals surface area contributed by atoms with Crippen LogP contribution in [0.15, 0.2) is 41.0 Å². The third kappa shape index (κ3) is 1.44. The topological polar surface area (TPSA) is 54.5 Å². The lowest BCUT2D eigenvalue weighted by atomic mass is 10.1. The number of aromatic nitrogens is 4. The standard InChI is InChI=1S/C11H10N4/c1-7-3-2-4-9(10-6-8(10)5-7)11-12-14-15-13-11/h2-5H,6H2,1H3,(H,12,13,14,15)/b3-2?,4-2-,7-3-,7-5?,8-5?,9-4?,10-9?. The van der Waals surface area contributed by atoms with Crippen LogP contribution < -0.4 is 0 Å². The van der Waals surface area contributed by atoms with Crippen molar-refractivity contribution in [2.45, 2.75) is 13.3 Å². The number of nitrogens with one attached hydrogen (secondary N) is 1. The zero-order chi connectivity index (χ0) is 10.3. The van der Waals surface area contributed by atoms with Crippen LogP contribution in [-0.4, -0.2) is 20.6 Å². The van der Waals surface area contributed by atoms with Crippen molar-refractivity contribution in [1.29, 1.82) is 0 Å². The molecule has 1 N–H and O–H groups in total. The van der Waals surface area contributed by atoms with E-state index in [1.165, 1.54) is 16.7 Å². The lowest BCUT2D eigenvalue weighted by Gasteiger charge is -1.95. The first-order valence-corrected chi connectivity index (χ1v) is 4.87. The van der Waals surface area contributed by atoms with Crippen LogP contribution in [0.1, 0.15) is 19.2 Å². The molecule has 4 nitrogen and oxygen atoms in total. The molecule has 0 saturated heterocycles. The van der Waals surface area contributed by atoms with Crippen LogP contribution in [-0.2, 0) is 0 Å². The monoisotopic (exact) mass is 198 g/mol. The van der Waals surface area contributed by atoms with E-state index in [4.69, 9.17) is 0 Å². The van der Waals surface area contributed by atoms with Crippen molar-refractivity contribution in [2.75, 3.05) is 0 Å². The van der Waals surface area contributed by atoms with Gasteiger partial charge in [0, 0.05) is 5.57 Å². The van der Waals surface area contributed by atoms with E-state index in [1.54, 1.807) is 0 Å². The van der Waals surface area contributed by atoms with Gasteiger partial charge in [0.1, 0.15) is 0 Å². The molecular weight excluding hydrogens is 188 g/mol. The lowest BCUT2D eigenvalue weighted by molar-refractivity contribution is 0.881. The number of hydrogen-bond donors (Lipinski definition) is 1. The van der Waals surface area contributed by atoms with Gasteiger partial charge in [-0.3, -0.25) is 0 Å². The fraction of sp³-hybridized carbons (Fsp3) is 0.182. The highest BCUT2D eigenvalue weighted by atomic mass is 15.5. The van der Waals surface area contributed by atoms with Gasteiger partial charge < -0.3 is 0 Å². The van der Waals surface area contributed by atoms with Crippen molar-refractivity contribution in [1.82, 2.24) is 20.6 Å². The predicted octanol–water partition coefficient (Wildman–Crippen LogP) is 1.80. The summed E-state index contributed by atoms with van der Waals surface area (Å²) in [5, 5.41) is 14.1. The number of fused-ring (bicyclic) bond motifs is 1. The van der Waals surface area contributed by atoms with Gasteiger partial charge in [-0.25, -0.2) is 0 Å². The maximum absolute atomic E-state index is 4.00. The molecule has 1 fully saturated rings. The van der Waals surface area contributed by atoms with Crippen LogP contribution in [0.4, 0.5) is 0 Å². The Labute approximate surface area is 87.1 Å². The van der Waals surface area contributed by atoms with Crippen molar-refractivity contribution in [2.24, 2.45) is 0 Å². The average molecular weight is 198 g/mol. The van der Waals surface area contributed by atoms with Gasteiger partial charge in [0.2, 0.25) is 5.82 Å². The molecule has 0 amide bonds. The number of allylic oxidation sites excluding steroid dienone is 8. The lowest BCUT2D eigenvalue weighted by Crippen LogP contribution is -1.85. The quantitative estimate of drug-likeness (QED) is 0.748. The largest absolute Gasteiger partial charge is 0.204 e. The van der Waals surface area contributed by atoms with E-state index < -0.39 is 0 Å². The highest BCUT2D eigenvalue weighted by Gasteiger charge is 2.27.